The number of ether oxygens (including phenoxy) is 2. The van der Waals surface area contributed by atoms with Crippen LogP contribution in [0.4, 0.5) is 5.69 Å². The Bertz CT molecular complexity index is 1110. The minimum absolute atomic E-state index is 0.0927. The number of nitrogens with zero attached hydrogens (tertiary/aromatic N) is 2. The number of carboxylic acids is 3. The van der Waals surface area contributed by atoms with Gasteiger partial charge in [-0.2, -0.15) is 0 Å². The second-order valence-corrected chi connectivity index (χ2v) is 9.28. The standard InChI is InChI=1S/C19H23N3O2.C6H8O7/c1-19(2,3)22-8-6-15-9-17-18(24-13-23-17)10-16(15)21-12-14-5-4-7-20-11-14;7-3(8)1-6(13,5(11)12)2-4(9)10/h4-5,7,9-12,22H,6,8,13H2,1-3H3;13H,1-2H2,(H,7,8)(H,9,10)(H,11,12). The van der Waals surface area contributed by atoms with Crippen molar-refractivity contribution in [1.82, 2.24) is 10.3 Å². The van der Waals surface area contributed by atoms with E-state index in [1.165, 1.54) is 0 Å². The first kappa shape index (κ1) is 29.2. The topological polar surface area (TPSA) is 188 Å². The Kier molecular flexibility index (Phi) is 10.1. The van der Waals surface area contributed by atoms with Crippen molar-refractivity contribution < 1.29 is 44.3 Å². The second kappa shape index (κ2) is 12.8. The van der Waals surface area contributed by atoms with Crippen molar-refractivity contribution in [3.8, 4) is 11.5 Å². The summed E-state index contributed by atoms with van der Waals surface area (Å²) in [5.41, 5.74) is 0.358. The lowest BCUT2D eigenvalue weighted by atomic mass is 9.96. The molecule has 0 aliphatic carbocycles. The predicted molar refractivity (Wildman–Crippen MR) is 133 cm³/mol. The van der Waals surface area contributed by atoms with Gasteiger partial charge in [-0.3, -0.25) is 19.6 Å². The fourth-order valence-corrected chi connectivity index (χ4v) is 3.18. The summed E-state index contributed by atoms with van der Waals surface area (Å²) in [6, 6.07) is 7.85. The second-order valence-electron chi connectivity index (χ2n) is 9.28. The first-order valence-corrected chi connectivity index (χ1v) is 11.3. The van der Waals surface area contributed by atoms with Crippen LogP contribution >= 0.6 is 0 Å². The quantitative estimate of drug-likeness (QED) is 0.291. The Morgan fingerprint density at radius 2 is 1.70 bits per heavy atom. The van der Waals surface area contributed by atoms with E-state index in [1.54, 1.807) is 12.4 Å². The van der Waals surface area contributed by atoms with E-state index in [4.69, 9.17) is 29.9 Å². The van der Waals surface area contributed by atoms with Crippen LogP contribution in [0.15, 0.2) is 41.7 Å². The van der Waals surface area contributed by atoms with E-state index >= 15 is 0 Å². The molecule has 12 heteroatoms. The number of nitrogens with one attached hydrogen (secondary N) is 1. The molecule has 0 radical (unpaired) electrons. The number of aromatic nitrogens is 1. The molecule has 0 spiro atoms. The van der Waals surface area contributed by atoms with Gasteiger partial charge in [-0.1, -0.05) is 6.07 Å². The van der Waals surface area contributed by atoms with Gasteiger partial charge in [-0.05, 0) is 51.4 Å². The maximum Gasteiger partial charge on any atom is 0.336 e. The molecule has 200 valence electrons. The van der Waals surface area contributed by atoms with E-state index in [0.29, 0.717) is 0 Å². The van der Waals surface area contributed by atoms with Gasteiger partial charge >= 0.3 is 17.9 Å². The summed E-state index contributed by atoms with van der Waals surface area (Å²) in [7, 11) is 0. The lowest BCUT2D eigenvalue weighted by molar-refractivity contribution is -0.170. The Morgan fingerprint density at radius 3 is 2.22 bits per heavy atom. The summed E-state index contributed by atoms with van der Waals surface area (Å²) in [6.45, 7) is 7.62. The average molecular weight is 518 g/mol. The number of aliphatic hydroxyl groups is 1. The number of rotatable bonds is 10. The van der Waals surface area contributed by atoms with E-state index in [2.05, 4.69) is 36.1 Å². The molecule has 5 N–H and O–H groups in total. The van der Waals surface area contributed by atoms with E-state index in [9.17, 15) is 14.4 Å². The van der Waals surface area contributed by atoms with Gasteiger partial charge in [0.25, 0.3) is 0 Å². The number of carboxylic acid groups (broad SMARTS) is 3. The van der Waals surface area contributed by atoms with Crippen molar-refractivity contribution in [2.45, 2.75) is 51.2 Å². The van der Waals surface area contributed by atoms with Crippen molar-refractivity contribution in [3.05, 3.63) is 47.8 Å². The predicted octanol–water partition coefficient (Wildman–Crippen LogP) is 2.24. The fourth-order valence-electron chi connectivity index (χ4n) is 3.18. The lowest BCUT2D eigenvalue weighted by Gasteiger charge is -2.20. The Labute approximate surface area is 213 Å². The maximum atomic E-state index is 10.3. The van der Waals surface area contributed by atoms with Gasteiger partial charge in [-0.15, -0.1) is 0 Å². The number of pyridine rings is 1. The molecule has 0 saturated heterocycles. The van der Waals surface area contributed by atoms with Crippen molar-refractivity contribution in [3.63, 3.8) is 0 Å². The smallest absolute Gasteiger partial charge is 0.336 e. The molecule has 12 nitrogen and oxygen atoms in total. The highest BCUT2D eigenvalue weighted by molar-refractivity contribution is 5.88. The average Bonchev–Trinajstić information content (AvgIpc) is 3.24. The number of carbonyl (C=O) groups is 3. The van der Waals surface area contributed by atoms with Crippen LogP contribution in [0.5, 0.6) is 11.5 Å². The van der Waals surface area contributed by atoms with Crippen LogP contribution in [0, 0.1) is 0 Å². The molecule has 3 rings (SSSR count). The van der Waals surface area contributed by atoms with Crippen LogP contribution in [-0.2, 0) is 20.8 Å². The molecule has 0 bridgehead atoms. The van der Waals surface area contributed by atoms with Crippen LogP contribution in [0.25, 0.3) is 0 Å². The largest absolute Gasteiger partial charge is 0.481 e. The van der Waals surface area contributed by atoms with Crippen LogP contribution < -0.4 is 14.8 Å². The van der Waals surface area contributed by atoms with E-state index in [-0.39, 0.29) is 12.3 Å². The summed E-state index contributed by atoms with van der Waals surface area (Å²) >= 11 is 0. The zero-order valence-corrected chi connectivity index (χ0v) is 20.8. The van der Waals surface area contributed by atoms with E-state index in [1.807, 2.05) is 30.5 Å². The lowest BCUT2D eigenvalue weighted by Crippen LogP contribution is -2.42. The molecule has 0 unspecified atom stereocenters. The van der Waals surface area contributed by atoms with E-state index in [0.717, 1.165) is 41.3 Å². The molecule has 2 heterocycles. The van der Waals surface area contributed by atoms with Gasteiger partial charge in [0.1, 0.15) is 0 Å². The van der Waals surface area contributed by atoms with Crippen molar-refractivity contribution in [2.24, 2.45) is 4.99 Å². The fraction of sp³-hybridized carbons (Fsp3) is 0.400. The Hall–Kier alpha value is -4.03. The molecular formula is C25H31N3O9. The molecule has 37 heavy (non-hydrogen) atoms. The number of aliphatic carboxylic acids is 3. The molecule has 1 aliphatic rings. The molecule has 0 fully saturated rings. The van der Waals surface area contributed by atoms with Crippen LogP contribution in [0.2, 0.25) is 0 Å². The van der Waals surface area contributed by atoms with Crippen molar-refractivity contribution in [2.75, 3.05) is 13.3 Å². The number of hydrogen-bond acceptors (Lipinski definition) is 9. The van der Waals surface area contributed by atoms with Crippen LogP contribution in [0.1, 0.15) is 44.7 Å². The third-order valence-electron chi connectivity index (χ3n) is 4.95. The molecule has 0 amide bonds. The minimum atomic E-state index is -2.74. The molecular weight excluding hydrogens is 486 g/mol. The number of aliphatic imine (C=N–C) groups is 1. The summed E-state index contributed by atoms with van der Waals surface area (Å²) in [6.07, 6.45) is 3.95. The number of hydrogen-bond donors (Lipinski definition) is 5. The number of fused-ring (bicyclic) bond motifs is 1. The van der Waals surface area contributed by atoms with Crippen LogP contribution in [-0.4, -0.2) is 74.0 Å². The van der Waals surface area contributed by atoms with Gasteiger partial charge < -0.3 is 35.2 Å². The maximum absolute atomic E-state index is 10.3. The van der Waals surface area contributed by atoms with E-state index < -0.39 is 36.4 Å². The molecule has 1 aliphatic heterocycles. The summed E-state index contributed by atoms with van der Waals surface area (Å²) in [5.74, 6) is -3.48. The summed E-state index contributed by atoms with van der Waals surface area (Å²) < 4.78 is 11.0. The van der Waals surface area contributed by atoms with Gasteiger partial charge in [-0.25, -0.2) is 4.79 Å². The molecule has 2 aromatic rings. The highest BCUT2D eigenvalue weighted by atomic mass is 16.7. The number of benzene rings is 1. The molecule has 1 aromatic carbocycles. The zero-order valence-electron chi connectivity index (χ0n) is 20.8. The minimum Gasteiger partial charge on any atom is -0.481 e. The van der Waals surface area contributed by atoms with Gasteiger partial charge in [0.15, 0.2) is 17.1 Å². The van der Waals surface area contributed by atoms with Crippen LogP contribution in [0.3, 0.4) is 0 Å². The van der Waals surface area contributed by atoms with Gasteiger partial charge in [0, 0.05) is 35.8 Å². The third kappa shape index (κ3) is 9.86. The Balaban J connectivity index is 0.000000317. The molecule has 0 atom stereocenters. The highest BCUT2D eigenvalue weighted by Crippen LogP contribution is 2.38. The van der Waals surface area contributed by atoms with Crippen molar-refractivity contribution in [1.29, 1.82) is 0 Å². The SMILES string of the molecule is CC(C)(C)NCCc1cc2c(cc1N=Cc1cccnc1)OCO2.O=C(O)CC(O)(CC(=O)O)C(=O)O. The summed E-state index contributed by atoms with van der Waals surface area (Å²) in [4.78, 5) is 39.2. The monoisotopic (exact) mass is 517 g/mol. The first-order chi connectivity index (χ1) is 17.3. The molecule has 1 aromatic heterocycles. The zero-order chi connectivity index (χ0) is 27.6. The van der Waals surface area contributed by atoms with Crippen molar-refractivity contribution >= 4 is 29.8 Å². The normalized spacial score (nSPS) is 12.6. The first-order valence-electron chi connectivity index (χ1n) is 11.3. The van der Waals surface area contributed by atoms with Gasteiger partial charge in [0.05, 0.1) is 18.5 Å². The molecule has 0 saturated carbocycles. The highest BCUT2D eigenvalue weighted by Gasteiger charge is 2.40. The Morgan fingerprint density at radius 1 is 1.08 bits per heavy atom. The third-order valence-corrected chi connectivity index (χ3v) is 4.95. The summed E-state index contributed by atoms with van der Waals surface area (Å²) in [5, 5.41) is 37.3. The van der Waals surface area contributed by atoms with Gasteiger partial charge in [0.2, 0.25) is 6.79 Å².